The van der Waals surface area contributed by atoms with Gasteiger partial charge in [0.25, 0.3) is 5.91 Å². The Hall–Kier alpha value is -2.07. The van der Waals surface area contributed by atoms with Gasteiger partial charge in [0.1, 0.15) is 0 Å². The van der Waals surface area contributed by atoms with E-state index in [1.807, 2.05) is 0 Å². The fraction of sp³-hybridized carbons (Fsp3) is 0.500. The van der Waals surface area contributed by atoms with Gasteiger partial charge in [0.05, 0.1) is 12.2 Å². The number of likely N-dealkylation sites (tertiary alicyclic amines) is 1. The van der Waals surface area contributed by atoms with E-state index < -0.39 is 27.6 Å². The molecule has 0 radical (unpaired) electrons. The van der Waals surface area contributed by atoms with Gasteiger partial charge in [0, 0.05) is 44.8 Å². The Balaban J connectivity index is 1.52. The number of sulfonamides is 1. The normalized spacial score (nSPS) is 19.3. The van der Waals surface area contributed by atoms with Crippen molar-refractivity contribution >= 4 is 21.8 Å². The molecule has 1 aromatic rings. The van der Waals surface area contributed by atoms with Crippen molar-refractivity contribution in [1.82, 2.24) is 14.1 Å². The lowest BCUT2D eigenvalue weighted by molar-refractivity contribution is -0.141. The van der Waals surface area contributed by atoms with Crippen LogP contribution in [0.3, 0.4) is 0 Å². The SMILES string of the molecule is CS(=O)(=O)N1CCN(C(=O)C2CN(C(=O)c3ccc(F)c(F)c3)C2)CC1. The number of hydrogen-bond donors (Lipinski definition) is 0. The summed E-state index contributed by atoms with van der Waals surface area (Å²) in [4.78, 5) is 27.7. The summed E-state index contributed by atoms with van der Waals surface area (Å²) >= 11 is 0. The number of amides is 2. The summed E-state index contributed by atoms with van der Waals surface area (Å²) in [6, 6.07) is 2.95. The van der Waals surface area contributed by atoms with Crippen LogP contribution in [0.2, 0.25) is 0 Å². The molecule has 2 saturated heterocycles. The Morgan fingerprint density at radius 2 is 1.62 bits per heavy atom. The first-order chi connectivity index (χ1) is 12.2. The second-order valence-electron chi connectivity index (χ2n) is 6.52. The van der Waals surface area contributed by atoms with Crippen LogP contribution >= 0.6 is 0 Å². The van der Waals surface area contributed by atoms with E-state index in [0.717, 1.165) is 18.4 Å². The van der Waals surface area contributed by atoms with Gasteiger partial charge in [0.2, 0.25) is 15.9 Å². The number of rotatable bonds is 3. The van der Waals surface area contributed by atoms with Crippen LogP contribution in [0.25, 0.3) is 0 Å². The molecular formula is C16H19F2N3O4S. The van der Waals surface area contributed by atoms with Crippen LogP contribution in [-0.2, 0) is 14.8 Å². The molecule has 0 saturated carbocycles. The van der Waals surface area contributed by atoms with E-state index >= 15 is 0 Å². The van der Waals surface area contributed by atoms with Crippen LogP contribution < -0.4 is 0 Å². The van der Waals surface area contributed by atoms with Gasteiger partial charge in [-0.2, -0.15) is 4.31 Å². The highest BCUT2D eigenvalue weighted by Gasteiger charge is 2.39. The number of benzene rings is 1. The third kappa shape index (κ3) is 3.70. The average Bonchev–Trinajstić information content (AvgIpc) is 2.55. The molecule has 2 amide bonds. The summed E-state index contributed by atoms with van der Waals surface area (Å²) in [5, 5.41) is 0. The third-order valence-corrected chi connectivity index (χ3v) is 6.01. The predicted octanol–water partition coefficient (Wildman–Crippen LogP) is 0.141. The van der Waals surface area contributed by atoms with Gasteiger partial charge in [-0.25, -0.2) is 17.2 Å². The number of nitrogens with zero attached hydrogens (tertiary/aromatic N) is 3. The zero-order chi connectivity index (χ0) is 19.1. The van der Waals surface area contributed by atoms with Gasteiger partial charge in [-0.1, -0.05) is 0 Å². The van der Waals surface area contributed by atoms with Crippen molar-refractivity contribution in [1.29, 1.82) is 0 Å². The molecule has 1 aromatic carbocycles. The fourth-order valence-electron chi connectivity index (χ4n) is 3.11. The molecule has 0 atom stereocenters. The predicted molar refractivity (Wildman–Crippen MR) is 88.7 cm³/mol. The Labute approximate surface area is 150 Å². The third-order valence-electron chi connectivity index (χ3n) is 4.70. The second kappa shape index (κ2) is 6.92. The zero-order valence-corrected chi connectivity index (χ0v) is 15.0. The van der Waals surface area contributed by atoms with E-state index in [1.54, 1.807) is 4.90 Å². The number of carbonyl (C=O) groups is 2. The molecule has 0 aromatic heterocycles. The smallest absolute Gasteiger partial charge is 0.254 e. The Bertz CT molecular complexity index is 832. The van der Waals surface area contributed by atoms with E-state index in [0.29, 0.717) is 13.1 Å². The van der Waals surface area contributed by atoms with Gasteiger partial charge < -0.3 is 9.80 Å². The highest BCUT2D eigenvalue weighted by molar-refractivity contribution is 7.88. The van der Waals surface area contributed by atoms with E-state index in [1.165, 1.54) is 15.3 Å². The minimum absolute atomic E-state index is 0.0385. The van der Waals surface area contributed by atoms with Gasteiger partial charge in [-0.3, -0.25) is 9.59 Å². The summed E-state index contributed by atoms with van der Waals surface area (Å²) in [5.74, 6) is -3.03. The molecule has 2 aliphatic rings. The van der Waals surface area contributed by atoms with Crippen molar-refractivity contribution in [3.63, 3.8) is 0 Å². The molecule has 142 valence electrons. The molecule has 0 N–H and O–H groups in total. The summed E-state index contributed by atoms with van der Waals surface area (Å²) in [6.45, 7) is 1.58. The molecule has 10 heteroatoms. The topological polar surface area (TPSA) is 78.0 Å². The quantitative estimate of drug-likeness (QED) is 0.739. The lowest BCUT2D eigenvalue weighted by atomic mass is 9.96. The zero-order valence-electron chi connectivity index (χ0n) is 14.2. The summed E-state index contributed by atoms with van der Waals surface area (Å²) in [7, 11) is -3.26. The minimum Gasteiger partial charge on any atom is -0.340 e. The van der Waals surface area contributed by atoms with Crippen molar-refractivity contribution < 1.29 is 26.8 Å². The van der Waals surface area contributed by atoms with Gasteiger partial charge in [-0.05, 0) is 18.2 Å². The first kappa shape index (κ1) is 18.7. The van der Waals surface area contributed by atoms with E-state index in [-0.39, 0.29) is 43.6 Å². The van der Waals surface area contributed by atoms with Crippen LogP contribution in [0.5, 0.6) is 0 Å². The highest BCUT2D eigenvalue weighted by Crippen LogP contribution is 2.22. The fourth-order valence-corrected chi connectivity index (χ4v) is 3.94. The van der Waals surface area contributed by atoms with Gasteiger partial charge in [0.15, 0.2) is 11.6 Å². The maximum absolute atomic E-state index is 13.2. The molecule has 2 heterocycles. The van der Waals surface area contributed by atoms with Crippen molar-refractivity contribution in [2.24, 2.45) is 5.92 Å². The Morgan fingerprint density at radius 3 is 2.15 bits per heavy atom. The van der Waals surface area contributed by atoms with Crippen molar-refractivity contribution in [3.05, 3.63) is 35.4 Å². The molecule has 3 rings (SSSR count). The van der Waals surface area contributed by atoms with Crippen LogP contribution in [-0.4, -0.2) is 79.9 Å². The standard InChI is InChI=1S/C16H19F2N3O4S/c1-26(24,25)21-6-4-19(5-7-21)16(23)12-9-20(10-12)15(22)11-2-3-13(17)14(18)8-11/h2-3,8,12H,4-7,9-10H2,1H3. The summed E-state index contributed by atoms with van der Waals surface area (Å²) < 4.78 is 50.5. The minimum atomic E-state index is -3.26. The van der Waals surface area contributed by atoms with Crippen LogP contribution in [0.1, 0.15) is 10.4 Å². The first-order valence-corrected chi connectivity index (χ1v) is 10.00. The molecule has 0 unspecified atom stereocenters. The summed E-state index contributed by atoms with van der Waals surface area (Å²) in [5.41, 5.74) is 0.0385. The Kier molecular flexibility index (Phi) is 4.98. The van der Waals surface area contributed by atoms with Gasteiger partial charge in [-0.15, -0.1) is 0 Å². The van der Waals surface area contributed by atoms with Crippen LogP contribution in [0, 0.1) is 17.6 Å². The maximum atomic E-state index is 13.2. The number of piperazine rings is 1. The van der Waals surface area contributed by atoms with Crippen molar-refractivity contribution in [2.45, 2.75) is 0 Å². The summed E-state index contributed by atoms with van der Waals surface area (Å²) in [6.07, 6.45) is 1.14. The second-order valence-corrected chi connectivity index (χ2v) is 8.51. The average molecular weight is 387 g/mol. The van der Waals surface area contributed by atoms with E-state index in [2.05, 4.69) is 0 Å². The van der Waals surface area contributed by atoms with Crippen molar-refractivity contribution in [2.75, 3.05) is 45.5 Å². The van der Waals surface area contributed by atoms with Crippen LogP contribution in [0.15, 0.2) is 18.2 Å². The number of halogens is 2. The maximum Gasteiger partial charge on any atom is 0.254 e. The first-order valence-electron chi connectivity index (χ1n) is 8.15. The molecule has 26 heavy (non-hydrogen) atoms. The Morgan fingerprint density at radius 1 is 1.00 bits per heavy atom. The lowest BCUT2D eigenvalue weighted by Gasteiger charge is -2.42. The molecule has 0 bridgehead atoms. The molecule has 0 aliphatic carbocycles. The molecular weight excluding hydrogens is 368 g/mol. The van der Waals surface area contributed by atoms with Crippen LogP contribution in [0.4, 0.5) is 8.78 Å². The van der Waals surface area contributed by atoms with Gasteiger partial charge >= 0.3 is 0 Å². The molecule has 0 spiro atoms. The lowest BCUT2D eigenvalue weighted by Crippen LogP contribution is -2.59. The number of hydrogen-bond acceptors (Lipinski definition) is 4. The molecule has 2 aliphatic heterocycles. The molecule has 7 nitrogen and oxygen atoms in total. The largest absolute Gasteiger partial charge is 0.340 e. The van der Waals surface area contributed by atoms with Crippen molar-refractivity contribution in [3.8, 4) is 0 Å². The monoisotopic (exact) mass is 387 g/mol. The van der Waals surface area contributed by atoms with E-state index in [9.17, 15) is 26.8 Å². The molecule has 2 fully saturated rings. The van der Waals surface area contributed by atoms with E-state index in [4.69, 9.17) is 0 Å². The highest BCUT2D eigenvalue weighted by atomic mass is 32.2. The number of carbonyl (C=O) groups excluding carboxylic acids is 2.